The molecule has 0 amide bonds. The second-order valence-electron chi connectivity index (χ2n) is 8.86. The van der Waals surface area contributed by atoms with E-state index in [-0.39, 0.29) is 11.8 Å². The van der Waals surface area contributed by atoms with Crippen molar-refractivity contribution in [1.82, 2.24) is 0 Å². The average Bonchev–Trinajstić information content (AvgIpc) is 3.73. The van der Waals surface area contributed by atoms with Gasteiger partial charge in [0.15, 0.2) is 0 Å². The van der Waals surface area contributed by atoms with Gasteiger partial charge in [0, 0.05) is 0 Å². The third-order valence-corrected chi connectivity index (χ3v) is 7.22. The highest BCUT2D eigenvalue weighted by Gasteiger charge is 2.61. The first-order valence-corrected chi connectivity index (χ1v) is 11.2. The lowest BCUT2D eigenvalue weighted by Crippen LogP contribution is -2.10. The standard InChI is InChI=1S/C26H28O8/c1-31-23(27)19-17(20(19)24(28)32-2)11-13-10-14(16-9-7-5-6-8-15(13)16)12-18-21(25(29)33-3)22(18)26(30)34-4/h5-10,17-22H,11-12H2,1-4H3/t19-,20-,21-,22-/m1/s1. The lowest BCUT2D eigenvalue weighted by molar-refractivity contribution is -0.148. The first-order chi connectivity index (χ1) is 16.4. The van der Waals surface area contributed by atoms with E-state index in [1.54, 1.807) is 0 Å². The minimum absolute atomic E-state index is 0.213. The number of carbonyl (C=O) groups is 4. The van der Waals surface area contributed by atoms with Gasteiger partial charge in [0.25, 0.3) is 0 Å². The summed E-state index contributed by atoms with van der Waals surface area (Å²) in [7, 11) is 5.25. The fourth-order valence-electron chi connectivity index (χ4n) is 5.40. The quantitative estimate of drug-likeness (QED) is 0.429. The number of hydrogen-bond acceptors (Lipinski definition) is 8. The molecule has 0 aromatic rings. The summed E-state index contributed by atoms with van der Waals surface area (Å²) in [6.45, 7) is 0. The largest absolute Gasteiger partial charge is 0.469 e. The molecule has 34 heavy (non-hydrogen) atoms. The van der Waals surface area contributed by atoms with Crippen LogP contribution in [0.25, 0.3) is 11.1 Å². The highest BCUT2D eigenvalue weighted by atomic mass is 16.5. The molecule has 0 N–H and O–H groups in total. The molecule has 4 aliphatic carbocycles. The van der Waals surface area contributed by atoms with Crippen LogP contribution in [0, 0.1) is 35.5 Å². The summed E-state index contributed by atoms with van der Waals surface area (Å²) in [5.41, 5.74) is 4.00. The van der Waals surface area contributed by atoms with E-state index >= 15 is 0 Å². The van der Waals surface area contributed by atoms with Gasteiger partial charge < -0.3 is 18.9 Å². The van der Waals surface area contributed by atoms with Crippen LogP contribution in [-0.2, 0) is 51.0 Å². The predicted molar refractivity (Wildman–Crippen MR) is 119 cm³/mol. The van der Waals surface area contributed by atoms with Gasteiger partial charge in [0.2, 0.25) is 0 Å². The van der Waals surface area contributed by atoms with Gasteiger partial charge in [-0.15, -0.1) is 0 Å². The first-order valence-electron chi connectivity index (χ1n) is 11.2. The number of ether oxygens (including phenoxy) is 4. The fraction of sp³-hybridized carbons (Fsp3) is 0.462. The Balaban J connectivity index is 1.62. The maximum atomic E-state index is 12.2. The van der Waals surface area contributed by atoms with Crippen LogP contribution >= 0.6 is 0 Å². The van der Waals surface area contributed by atoms with Gasteiger partial charge in [-0.2, -0.15) is 0 Å². The monoisotopic (exact) mass is 468 g/mol. The van der Waals surface area contributed by atoms with E-state index in [1.165, 1.54) is 28.4 Å². The van der Waals surface area contributed by atoms with Crippen molar-refractivity contribution >= 4 is 23.9 Å². The van der Waals surface area contributed by atoms with Gasteiger partial charge in [-0.25, -0.2) is 0 Å². The Kier molecular flexibility index (Phi) is 6.59. The number of carbonyl (C=O) groups excluding carboxylic acids is 4. The van der Waals surface area contributed by atoms with Gasteiger partial charge in [-0.3, -0.25) is 19.2 Å². The molecule has 0 saturated heterocycles. The third-order valence-electron chi connectivity index (χ3n) is 7.22. The second-order valence-corrected chi connectivity index (χ2v) is 8.86. The van der Waals surface area contributed by atoms with Gasteiger partial charge in [0.05, 0.1) is 52.1 Å². The zero-order chi connectivity index (χ0) is 24.6. The van der Waals surface area contributed by atoms with Crippen molar-refractivity contribution in [2.24, 2.45) is 35.5 Å². The summed E-state index contributed by atoms with van der Waals surface area (Å²) >= 11 is 0. The van der Waals surface area contributed by atoms with E-state index < -0.39 is 47.5 Å². The van der Waals surface area contributed by atoms with Crippen molar-refractivity contribution in [3.63, 3.8) is 0 Å². The van der Waals surface area contributed by atoms with Gasteiger partial charge in [-0.05, 0) is 46.9 Å². The fourth-order valence-corrected chi connectivity index (χ4v) is 5.40. The number of esters is 4. The van der Waals surface area contributed by atoms with Gasteiger partial charge in [0.1, 0.15) is 0 Å². The summed E-state index contributed by atoms with van der Waals surface area (Å²) in [5.74, 6) is -4.20. The van der Waals surface area contributed by atoms with Crippen molar-refractivity contribution in [2.45, 2.75) is 12.8 Å². The molecule has 0 spiro atoms. The SMILES string of the molecule is COC(=O)[C@@H]1C(Cc2cc(CC3[C@@H](C(=O)OC)[C@@H]3C(=O)OC)c3cccccc2-3)[C@H]1C(=O)OC. The summed E-state index contributed by atoms with van der Waals surface area (Å²) < 4.78 is 19.6. The smallest absolute Gasteiger partial charge is 0.309 e. The summed E-state index contributed by atoms with van der Waals surface area (Å²) in [6.07, 6.45) is 1.01. The van der Waals surface area contributed by atoms with E-state index in [0.29, 0.717) is 12.8 Å². The van der Waals surface area contributed by atoms with Crippen LogP contribution in [-0.4, -0.2) is 52.3 Å². The van der Waals surface area contributed by atoms with E-state index in [2.05, 4.69) is 0 Å². The van der Waals surface area contributed by atoms with Crippen molar-refractivity contribution in [1.29, 1.82) is 0 Å². The molecule has 180 valence electrons. The Bertz CT molecular complexity index is 966. The lowest BCUT2D eigenvalue weighted by atomic mass is 10.0. The molecule has 2 saturated carbocycles. The number of hydrogen-bond donors (Lipinski definition) is 0. The molecular formula is C26H28O8. The summed E-state index contributed by atoms with van der Waals surface area (Å²) in [4.78, 5) is 48.9. The van der Waals surface area contributed by atoms with Crippen molar-refractivity contribution in [3.8, 4) is 11.1 Å². The van der Waals surface area contributed by atoms with Crippen LogP contribution in [0.3, 0.4) is 0 Å². The average molecular weight is 469 g/mol. The van der Waals surface area contributed by atoms with Gasteiger partial charge >= 0.3 is 23.9 Å². The molecule has 2 fully saturated rings. The molecule has 0 heterocycles. The zero-order valence-electron chi connectivity index (χ0n) is 19.6. The third kappa shape index (κ3) is 4.13. The molecule has 0 aromatic carbocycles. The van der Waals surface area contributed by atoms with E-state index in [4.69, 9.17) is 18.9 Å². The van der Waals surface area contributed by atoms with E-state index in [0.717, 1.165) is 22.3 Å². The van der Waals surface area contributed by atoms with Gasteiger partial charge in [-0.1, -0.05) is 36.4 Å². The molecule has 0 unspecified atom stereocenters. The minimum Gasteiger partial charge on any atom is -0.469 e. The number of rotatable bonds is 8. The van der Waals surface area contributed by atoms with E-state index in [1.807, 2.05) is 36.4 Å². The van der Waals surface area contributed by atoms with Crippen molar-refractivity contribution < 1.29 is 38.1 Å². The highest BCUT2D eigenvalue weighted by molar-refractivity contribution is 5.89. The Hall–Kier alpha value is -3.42. The first kappa shape index (κ1) is 23.7. The molecule has 8 nitrogen and oxygen atoms in total. The topological polar surface area (TPSA) is 105 Å². The second kappa shape index (κ2) is 9.44. The van der Waals surface area contributed by atoms with Crippen LogP contribution in [0.4, 0.5) is 0 Å². The normalized spacial score (nSPS) is 26.9. The molecule has 0 aliphatic heterocycles. The molecule has 4 atom stereocenters. The maximum Gasteiger partial charge on any atom is 0.309 e. The Morgan fingerprint density at radius 3 is 1.21 bits per heavy atom. The van der Waals surface area contributed by atoms with Crippen LogP contribution in [0.15, 0.2) is 36.4 Å². The molecule has 0 bridgehead atoms. The molecule has 0 radical (unpaired) electrons. The minimum atomic E-state index is -0.529. The van der Waals surface area contributed by atoms with Crippen molar-refractivity contribution in [2.75, 3.05) is 28.4 Å². The Morgan fingerprint density at radius 1 is 0.588 bits per heavy atom. The lowest BCUT2D eigenvalue weighted by Gasteiger charge is -2.03. The maximum absolute atomic E-state index is 12.2. The van der Waals surface area contributed by atoms with Crippen LogP contribution in [0.5, 0.6) is 0 Å². The zero-order valence-corrected chi connectivity index (χ0v) is 19.6. The highest BCUT2D eigenvalue weighted by Crippen LogP contribution is 2.53. The van der Waals surface area contributed by atoms with E-state index in [9.17, 15) is 19.2 Å². The van der Waals surface area contributed by atoms with Crippen molar-refractivity contribution in [3.05, 3.63) is 47.5 Å². The Morgan fingerprint density at radius 2 is 0.912 bits per heavy atom. The molecule has 4 rings (SSSR count). The molecule has 0 aromatic heterocycles. The van der Waals surface area contributed by atoms with Crippen LogP contribution < -0.4 is 0 Å². The molecule has 4 aliphatic rings. The predicted octanol–water partition coefficient (Wildman–Crippen LogP) is 2.29. The number of fused-ring (bicyclic) bond motifs is 1. The Labute approximate surface area is 197 Å². The van der Waals surface area contributed by atoms with Crippen LogP contribution in [0.1, 0.15) is 11.1 Å². The summed E-state index contributed by atoms with van der Waals surface area (Å²) in [6, 6.07) is 11.8. The summed E-state index contributed by atoms with van der Waals surface area (Å²) in [5, 5.41) is 0. The van der Waals surface area contributed by atoms with Crippen LogP contribution in [0.2, 0.25) is 0 Å². The molecule has 8 heteroatoms. The molecular weight excluding hydrogens is 440 g/mol. The number of methoxy groups -OCH3 is 4.